The van der Waals surface area contributed by atoms with Crippen LogP contribution in [0.4, 0.5) is 0 Å². The standard InChI is InChI=1S/C12H24N2O5/c1-3-14(2)10(12(18)19)5-4-6-11(17)13-7-9(16)8-15/h9-10,15-16H,3-8H2,1-2H3,(H,13,17)(H,18,19). The van der Waals surface area contributed by atoms with Crippen molar-refractivity contribution in [2.45, 2.75) is 38.3 Å². The normalized spacial score (nSPS) is 14.2. The fourth-order valence-electron chi connectivity index (χ4n) is 1.59. The summed E-state index contributed by atoms with van der Waals surface area (Å²) >= 11 is 0. The SMILES string of the molecule is CCN(C)C(CCCC(=O)NCC(O)CO)C(=O)O. The molecule has 7 nitrogen and oxygen atoms in total. The molecule has 0 bridgehead atoms. The Morgan fingerprint density at radius 1 is 1.37 bits per heavy atom. The van der Waals surface area contributed by atoms with Gasteiger partial charge in [-0.15, -0.1) is 0 Å². The molecule has 0 saturated heterocycles. The van der Waals surface area contributed by atoms with E-state index in [-0.39, 0.29) is 18.9 Å². The average molecular weight is 276 g/mol. The molecule has 0 rings (SSSR count). The van der Waals surface area contributed by atoms with Crippen LogP contribution in [0, 0.1) is 0 Å². The number of hydrogen-bond donors (Lipinski definition) is 4. The Hall–Kier alpha value is -1.18. The molecule has 0 aliphatic carbocycles. The summed E-state index contributed by atoms with van der Waals surface area (Å²) in [6.07, 6.45) is 0.110. The van der Waals surface area contributed by atoms with Gasteiger partial charge < -0.3 is 20.6 Å². The highest BCUT2D eigenvalue weighted by molar-refractivity contribution is 5.76. The number of rotatable bonds is 10. The molecule has 0 spiro atoms. The molecule has 0 aliphatic heterocycles. The summed E-state index contributed by atoms with van der Waals surface area (Å²) in [5.74, 6) is -1.14. The van der Waals surface area contributed by atoms with Gasteiger partial charge in [-0.1, -0.05) is 6.92 Å². The lowest BCUT2D eigenvalue weighted by Gasteiger charge is -2.22. The Morgan fingerprint density at radius 2 is 2.00 bits per heavy atom. The fraction of sp³-hybridized carbons (Fsp3) is 0.833. The van der Waals surface area contributed by atoms with Crippen molar-refractivity contribution < 1.29 is 24.9 Å². The number of likely N-dealkylation sites (N-methyl/N-ethyl adjacent to an activating group) is 1. The molecule has 1 amide bonds. The average Bonchev–Trinajstić information content (AvgIpc) is 2.39. The summed E-state index contributed by atoms with van der Waals surface area (Å²) in [5, 5.41) is 29.1. The molecule has 7 heteroatoms. The molecule has 19 heavy (non-hydrogen) atoms. The van der Waals surface area contributed by atoms with Crippen molar-refractivity contribution in [3.63, 3.8) is 0 Å². The monoisotopic (exact) mass is 276 g/mol. The highest BCUT2D eigenvalue weighted by Gasteiger charge is 2.21. The molecule has 0 aromatic rings. The Morgan fingerprint density at radius 3 is 2.47 bits per heavy atom. The van der Waals surface area contributed by atoms with Crippen molar-refractivity contribution in [1.29, 1.82) is 0 Å². The zero-order chi connectivity index (χ0) is 14.8. The Balaban J connectivity index is 3.93. The molecule has 0 radical (unpaired) electrons. The lowest BCUT2D eigenvalue weighted by molar-refractivity contribution is -0.143. The molecule has 0 saturated carbocycles. The van der Waals surface area contributed by atoms with E-state index in [4.69, 9.17) is 15.3 Å². The largest absolute Gasteiger partial charge is 0.480 e. The molecular formula is C12H24N2O5. The summed E-state index contributed by atoms with van der Waals surface area (Å²) in [5.41, 5.74) is 0. The number of carbonyl (C=O) groups excluding carboxylic acids is 1. The second-order valence-electron chi connectivity index (χ2n) is 4.46. The highest BCUT2D eigenvalue weighted by Crippen LogP contribution is 2.07. The van der Waals surface area contributed by atoms with Crippen molar-refractivity contribution in [1.82, 2.24) is 10.2 Å². The summed E-state index contributed by atoms with van der Waals surface area (Å²) in [4.78, 5) is 24.1. The van der Waals surface area contributed by atoms with Gasteiger partial charge in [0.2, 0.25) is 5.91 Å². The van der Waals surface area contributed by atoms with E-state index < -0.39 is 24.7 Å². The number of aliphatic hydroxyl groups is 2. The van der Waals surface area contributed by atoms with E-state index >= 15 is 0 Å². The van der Waals surface area contributed by atoms with Gasteiger partial charge in [0.05, 0.1) is 12.7 Å². The quantitative estimate of drug-likeness (QED) is 0.409. The predicted molar refractivity (Wildman–Crippen MR) is 69.7 cm³/mol. The van der Waals surface area contributed by atoms with E-state index in [1.807, 2.05) is 6.92 Å². The summed E-state index contributed by atoms with van der Waals surface area (Å²) < 4.78 is 0. The molecule has 0 aromatic carbocycles. The highest BCUT2D eigenvalue weighted by atomic mass is 16.4. The van der Waals surface area contributed by atoms with Crippen LogP contribution in [-0.2, 0) is 9.59 Å². The number of carboxylic acid groups (broad SMARTS) is 1. The smallest absolute Gasteiger partial charge is 0.320 e. The van der Waals surface area contributed by atoms with Gasteiger partial charge in [0, 0.05) is 13.0 Å². The molecule has 0 aliphatic rings. The zero-order valence-electron chi connectivity index (χ0n) is 11.5. The van der Waals surface area contributed by atoms with E-state index in [1.165, 1.54) is 0 Å². The van der Waals surface area contributed by atoms with Crippen molar-refractivity contribution >= 4 is 11.9 Å². The molecule has 4 N–H and O–H groups in total. The minimum atomic E-state index is -0.957. The Kier molecular flexibility index (Phi) is 9.11. The Labute approximate surface area is 113 Å². The van der Waals surface area contributed by atoms with Crippen molar-refractivity contribution in [2.24, 2.45) is 0 Å². The predicted octanol–water partition coefficient (Wildman–Crippen LogP) is -0.969. The maximum absolute atomic E-state index is 11.4. The number of hydrogen-bond acceptors (Lipinski definition) is 5. The topological polar surface area (TPSA) is 110 Å². The molecule has 112 valence electrons. The first kappa shape index (κ1) is 17.8. The van der Waals surface area contributed by atoms with Gasteiger partial charge in [-0.25, -0.2) is 0 Å². The Bertz CT molecular complexity index is 285. The number of nitrogens with zero attached hydrogens (tertiary/aromatic N) is 1. The van der Waals surface area contributed by atoms with E-state index in [9.17, 15) is 9.59 Å². The maximum Gasteiger partial charge on any atom is 0.320 e. The maximum atomic E-state index is 11.4. The zero-order valence-corrected chi connectivity index (χ0v) is 11.5. The number of carboxylic acids is 1. The van der Waals surface area contributed by atoms with Gasteiger partial charge in [0.15, 0.2) is 0 Å². The number of nitrogens with one attached hydrogen (secondary N) is 1. The fourth-order valence-corrected chi connectivity index (χ4v) is 1.59. The third kappa shape index (κ3) is 7.76. The van der Waals surface area contributed by atoms with Gasteiger partial charge in [-0.3, -0.25) is 14.5 Å². The minimum Gasteiger partial charge on any atom is -0.480 e. The second-order valence-corrected chi connectivity index (χ2v) is 4.46. The van der Waals surface area contributed by atoms with Gasteiger partial charge >= 0.3 is 5.97 Å². The first-order chi connectivity index (χ1) is 8.92. The van der Waals surface area contributed by atoms with Crippen LogP contribution < -0.4 is 5.32 Å². The second kappa shape index (κ2) is 9.71. The molecule has 0 fully saturated rings. The van der Waals surface area contributed by atoms with Crippen molar-refractivity contribution in [3.05, 3.63) is 0 Å². The number of aliphatic carboxylic acids is 1. The number of aliphatic hydroxyl groups excluding tert-OH is 2. The first-order valence-corrected chi connectivity index (χ1v) is 6.41. The van der Waals surface area contributed by atoms with Crippen LogP contribution in [0.15, 0.2) is 0 Å². The van der Waals surface area contributed by atoms with Crippen LogP contribution in [0.2, 0.25) is 0 Å². The third-order valence-corrected chi connectivity index (χ3v) is 2.94. The molecule has 2 atom stereocenters. The van der Waals surface area contributed by atoms with E-state index in [1.54, 1.807) is 11.9 Å². The lowest BCUT2D eigenvalue weighted by Crippen LogP contribution is -2.38. The summed E-state index contributed by atoms with van der Waals surface area (Å²) in [7, 11) is 1.73. The summed E-state index contributed by atoms with van der Waals surface area (Å²) in [6, 6.07) is -0.583. The van der Waals surface area contributed by atoms with E-state index in [0.29, 0.717) is 19.4 Å². The number of carbonyl (C=O) groups is 2. The third-order valence-electron chi connectivity index (χ3n) is 2.94. The van der Waals surface area contributed by atoms with Crippen molar-refractivity contribution in [3.8, 4) is 0 Å². The van der Waals surface area contributed by atoms with Crippen LogP contribution in [0.3, 0.4) is 0 Å². The van der Waals surface area contributed by atoms with E-state index in [2.05, 4.69) is 5.32 Å². The van der Waals surface area contributed by atoms with Gasteiger partial charge in [0.25, 0.3) is 0 Å². The van der Waals surface area contributed by atoms with Gasteiger partial charge in [-0.2, -0.15) is 0 Å². The van der Waals surface area contributed by atoms with Crippen LogP contribution in [0.5, 0.6) is 0 Å². The van der Waals surface area contributed by atoms with Crippen LogP contribution in [-0.4, -0.2) is 71.0 Å². The molecule has 0 heterocycles. The van der Waals surface area contributed by atoms with Crippen molar-refractivity contribution in [2.75, 3.05) is 26.7 Å². The van der Waals surface area contributed by atoms with E-state index in [0.717, 1.165) is 0 Å². The van der Waals surface area contributed by atoms with Crippen LogP contribution in [0.1, 0.15) is 26.2 Å². The molecule has 2 unspecified atom stereocenters. The van der Waals surface area contributed by atoms with Gasteiger partial charge in [-0.05, 0) is 26.4 Å². The summed E-state index contributed by atoms with van der Waals surface area (Å²) in [6.45, 7) is 2.11. The molecular weight excluding hydrogens is 252 g/mol. The lowest BCUT2D eigenvalue weighted by atomic mass is 10.1. The molecule has 0 aromatic heterocycles. The minimum absolute atomic E-state index is 0.00650. The van der Waals surface area contributed by atoms with Gasteiger partial charge in [0.1, 0.15) is 6.04 Å². The van der Waals surface area contributed by atoms with Crippen LogP contribution in [0.25, 0.3) is 0 Å². The number of amides is 1. The first-order valence-electron chi connectivity index (χ1n) is 6.41. The van der Waals surface area contributed by atoms with Crippen LogP contribution >= 0.6 is 0 Å².